The van der Waals surface area contributed by atoms with Crippen molar-refractivity contribution in [3.05, 3.63) is 106 Å². The quantitative estimate of drug-likeness (QED) is 0.187. The first-order valence-corrected chi connectivity index (χ1v) is 14.9. The summed E-state index contributed by atoms with van der Waals surface area (Å²) < 4.78 is 1.66. The van der Waals surface area contributed by atoms with Gasteiger partial charge in [-0.3, -0.25) is 9.48 Å². The smallest absolute Gasteiger partial charge is 0.316 e. The van der Waals surface area contributed by atoms with Gasteiger partial charge in [0.2, 0.25) is 0 Å². The molecule has 4 aromatic rings. The number of fused-ring (bicyclic) bond motifs is 1. The lowest BCUT2D eigenvalue weighted by Crippen LogP contribution is -2.53. The summed E-state index contributed by atoms with van der Waals surface area (Å²) in [6, 6.07) is 27.4. The summed E-state index contributed by atoms with van der Waals surface area (Å²) in [4.78, 5) is 0. The van der Waals surface area contributed by atoms with Gasteiger partial charge in [-0.25, -0.2) is 0 Å². The minimum absolute atomic E-state index is 0.116. The summed E-state index contributed by atoms with van der Waals surface area (Å²) in [5, 5.41) is 56.5. The molecule has 0 atom stereocenters. The van der Waals surface area contributed by atoms with E-state index in [1.54, 1.807) is 55.4 Å². The van der Waals surface area contributed by atoms with Crippen molar-refractivity contribution in [3.8, 4) is 22.3 Å². The lowest BCUT2D eigenvalue weighted by atomic mass is 9.84. The van der Waals surface area contributed by atoms with Crippen molar-refractivity contribution in [2.75, 3.05) is 0 Å². The van der Waals surface area contributed by atoms with E-state index >= 15 is 0 Å². The second kappa shape index (κ2) is 9.55. The molecule has 0 saturated heterocycles. The van der Waals surface area contributed by atoms with Gasteiger partial charge in [0, 0.05) is 10.4 Å². The van der Waals surface area contributed by atoms with Crippen LogP contribution in [0.4, 0.5) is 0 Å². The average Bonchev–Trinajstić information content (AvgIpc) is 3.20. The molecule has 2 heterocycles. The van der Waals surface area contributed by atoms with Crippen LogP contribution in [-0.4, -0.2) is 53.4 Å². The molecular formula is C36H38N4O4. The Labute approximate surface area is 258 Å². The van der Waals surface area contributed by atoms with Crippen LogP contribution in [0.1, 0.15) is 66.5 Å². The molecule has 44 heavy (non-hydrogen) atoms. The summed E-state index contributed by atoms with van der Waals surface area (Å²) in [5.41, 5.74) is 1.52. The molecule has 0 fully saturated rings. The van der Waals surface area contributed by atoms with Crippen LogP contribution < -0.4 is 0 Å². The molecule has 2 aliphatic heterocycles. The maximum atomic E-state index is 13.2. The molecule has 8 heteroatoms. The lowest BCUT2D eigenvalue weighted by molar-refractivity contribution is -0.539. The highest BCUT2D eigenvalue weighted by Crippen LogP contribution is 2.41. The van der Waals surface area contributed by atoms with Gasteiger partial charge in [-0.15, -0.1) is 0 Å². The van der Waals surface area contributed by atoms with Crippen molar-refractivity contribution in [1.82, 2.24) is 10.1 Å². The molecule has 0 saturated carbocycles. The van der Waals surface area contributed by atoms with Gasteiger partial charge >= 0.3 is 11.7 Å². The Balaban J connectivity index is 1.41. The van der Waals surface area contributed by atoms with E-state index in [4.69, 9.17) is 0 Å². The molecule has 8 nitrogen and oxygen atoms in total. The Morgan fingerprint density at radius 2 is 0.818 bits per heavy atom. The van der Waals surface area contributed by atoms with E-state index < -0.39 is 22.2 Å². The second-order valence-electron chi connectivity index (χ2n) is 13.9. The van der Waals surface area contributed by atoms with Crippen LogP contribution in [0.2, 0.25) is 0 Å². The predicted molar refractivity (Wildman–Crippen MR) is 172 cm³/mol. The van der Waals surface area contributed by atoms with Crippen molar-refractivity contribution >= 4 is 22.4 Å². The third kappa shape index (κ3) is 3.90. The largest absolute Gasteiger partial charge is 0.714 e. The highest BCUT2D eigenvalue weighted by Gasteiger charge is 2.61. The Bertz CT molecular complexity index is 1720. The van der Waals surface area contributed by atoms with Crippen LogP contribution in [0.15, 0.2) is 84.9 Å². The van der Waals surface area contributed by atoms with Crippen molar-refractivity contribution in [2.45, 2.75) is 77.5 Å². The molecule has 0 spiro atoms. The Kier molecular flexibility index (Phi) is 6.44. The molecule has 0 aromatic heterocycles. The summed E-state index contributed by atoms with van der Waals surface area (Å²) in [6.45, 7) is 14.3. The highest BCUT2D eigenvalue weighted by molar-refractivity contribution is 6.07. The first-order valence-electron chi connectivity index (χ1n) is 14.9. The molecule has 0 aliphatic carbocycles. The molecule has 6 rings (SSSR count). The minimum Gasteiger partial charge on any atom is -0.714 e. The van der Waals surface area contributed by atoms with Gasteiger partial charge in [-0.2, -0.15) is 0 Å². The number of hydroxylamine groups is 6. The molecule has 2 aliphatic rings. The van der Waals surface area contributed by atoms with Crippen molar-refractivity contribution in [3.63, 3.8) is 0 Å². The molecule has 4 aromatic carbocycles. The predicted octanol–water partition coefficient (Wildman–Crippen LogP) is 7.12. The molecule has 0 N–H and O–H groups in total. The van der Waals surface area contributed by atoms with Crippen LogP contribution in [0.3, 0.4) is 0 Å². The highest BCUT2D eigenvalue weighted by atomic mass is 16.5. The second-order valence-corrected chi connectivity index (χ2v) is 13.9. The fraction of sp³-hybridized carbons (Fsp3) is 0.333. The third-order valence-electron chi connectivity index (χ3n) is 10.6. The van der Waals surface area contributed by atoms with Crippen LogP contribution in [0.5, 0.6) is 0 Å². The average molecular weight is 591 g/mol. The van der Waals surface area contributed by atoms with Crippen LogP contribution >= 0.6 is 0 Å². The van der Waals surface area contributed by atoms with Gasteiger partial charge in [0.1, 0.15) is 11.1 Å². The van der Waals surface area contributed by atoms with E-state index in [2.05, 4.69) is 24.3 Å². The molecule has 0 unspecified atom stereocenters. The van der Waals surface area contributed by atoms with Crippen molar-refractivity contribution < 1.29 is 19.9 Å². The summed E-state index contributed by atoms with van der Waals surface area (Å²) in [6.07, 6.45) is 0. The first kappa shape index (κ1) is 29.7. The number of benzene rings is 4. The maximum Gasteiger partial charge on any atom is 0.316 e. The monoisotopic (exact) mass is 590 g/mol. The number of nitrogens with zero attached hydrogens (tertiary/aromatic N) is 4. The fourth-order valence-electron chi connectivity index (χ4n) is 6.11. The molecule has 0 bridgehead atoms. The van der Waals surface area contributed by atoms with E-state index in [0.717, 1.165) is 52.6 Å². The minimum atomic E-state index is -0.885. The Hall–Kier alpha value is -4.40. The summed E-state index contributed by atoms with van der Waals surface area (Å²) in [5.74, 6) is 0.232. The number of hydrogen-bond donors (Lipinski definition) is 0. The molecule has 0 amide bonds. The van der Waals surface area contributed by atoms with Crippen LogP contribution in [0, 0.1) is 10.4 Å². The van der Waals surface area contributed by atoms with Gasteiger partial charge < -0.3 is 10.4 Å². The SMILES string of the molecule is CC1(C)N([O])C(c2ccc(-c3cccc4cccc(-c5ccc(C6=[N+]([O-])C(C)(C)C(C)(C)N6[O])cc5)c34)cc2)=[N+]([O-])C1(C)C. The Morgan fingerprint density at radius 3 is 1.11 bits per heavy atom. The zero-order valence-corrected chi connectivity index (χ0v) is 26.5. The van der Waals surface area contributed by atoms with Gasteiger partial charge in [0.15, 0.2) is 11.1 Å². The van der Waals surface area contributed by atoms with E-state index in [0.29, 0.717) is 11.1 Å². The number of rotatable bonds is 4. The number of amidine groups is 2. The summed E-state index contributed by atoms with van der Waals surface area (Å²) >= 11 is 0. The van der Waals surface area contributed by atoms with Crippen molar-refractivity contribution in [1.29, 1.82) is 0 Å². The lowest BCUT2D eigenvalue weighted by Gasteiger charge is -2.32. The van der Waals surface area contributed by atoms with Gasteiger partial charge in [-0.05, 0) is 113 Å². The zero-order chi connectivity index (χ0) is 32.0. The first-order chi connectivity index (χ1) is 20.5. The van der Waals surface area contributed by atoms with Crippen LogP contribution in [0.25, 0.3) is 33.0 Å². The van der Waals surface area contributed by atoms with Crippen LogP contribution in [-0.2, 0) is 10.4 Å². The van der Waals surface area contributed by atoms with E-state index in [9.17, 15) is 20.8 Å². The Morgan fingerprint density at radius 1 is 0.500 bits per heavy atom. The zero-order valence-electron chi connectivity index (χ0n) is 26.5. The van der Waals surface area contributed by atoms with Crippen molar-refractivity contribution in [2.24, 2.45) is 0 Å². The fourth-order valence-corrected chi connectivity index (χ4v) is 6.11. The molecule has 2 radical (unpaired) electrons. The van der Waals surface area contributed by atoms with Gasteiger partial charge in [-0.1, -0.05) is 70.8 Å². The van der Waals surface area contributed by atoms with E-state index in [1.165, 1.54) is 0 Å². The molecular weight excluding hydrogens is 552 g/mol. The van der Waals surface area contributed by atoms with Gasteiger partial charge in [0.05, 0.1) is 11.1 Å². The number of hydrogen-bond acceptors (Lipinski definition) is 4. The standard InChI is InChI=1S/C36H38N4O4/c1-33(2)34(3,4)38(42)31(37(33)41)26-19-15-23(16-20-26)28-13-9-11-25-12-10-14-29(30(25)28)24-17-21-27(22-18-24)32-39(43)35(5,6)36(7,8)40(32)44/h9-22H,1-8H3. The topological polar surface area (TPSA) is 98.4 Å². The summed E-state index contributed by atoms with van der Waals surface area (Å²) in [7, 11) is 0. The van der Waals surface area contributed by atoms with E-state index in [1.807, 2.05) is 60.7 Å². The molecule has 226 valence electrons. The maximum absolute atomic E-state index is 13.2. The van der Waals surface area contributed by atoms with E-state index in [-0.39, 0.29) is 11.7 Å². The van der Waals surface area contributed by atoms with Gasteiger partial charge in [0.25, 0.3) is 0 Å². The third-order valence-corrected chi connectivity index (χ3v) is 10.6. The normalized spacial score (nSPS) is 20.2.